The quantitative estimate of drug-likeness (QED) is 0.273. The molecule has 2 aromatic rings. The molecule has 9 nitrogen and oxygen atoms in total. The van der Waals surface area contributed by atoms with E-state index in [1.807, 2.05) is 11.8 Å². The number of hydrogen-bond acceptors (Lipinski definition) is 6. The number of nitro benzene ring substituents is 1. The van der Waals surface area contributed by atoms with E-state index in [-0.39, 0.29) is 22.3 Å². The largest absolute Gasteiger partial charge is 0.366 e. The second-order valence-corrected chi connectivity index (χ2v) is 8.72. The van der Waals surface area contributed by atoms with Crippen molar-refractivity contribution in [3.8, 4) is 0 Å². The van der Waals surface area contributed by atoms with E-state index in [1.54, 1.807) is 30.3 Å². The van der Waals surface area contributed by atoms with Crippen LogP contribution in [0, 0.1) is 10.1 Å². The van der Waals surface area contributed by atoms with Crippen molar-refractivity contribution in [3.63, 3.8) is 0 Å². The monoisotopic (exact) mass is 503 g/mol. The van der Waals surface area contributed by atoms with Gasteiger partial charge in [0.05, 0.1) is 15.6 Å². The molecular formula is C23H26ClN5O4S. The Kier molecular flexibility index (Phi) is 8.78. The molecule has 180 valence electrons. The van der Waals surface area contributed by atoms with Crippen LogP contribution < -0.4 is 20.9 Å². The summed E-state index contributed by atoms with van der Waals surface area (Å²) < 4.78 is 0. The predicted octanol–water partition coefficient (Wildman–Crippen LogP) is 5.10. The van der Waals surface area contributed by atoms with Crippen LogP contribution in [-0.4, -0.2) is 34.9 Å². The van der Waals surface area contributed by atoms with Gasteiger partial charge in [0, 0.05) is 36.8 Å². The van der Waals surface area contributed by atoms with Gasteiger partial charge in [-0.25, -0.2) is 0 Å². The number of hydrogen-bond donors (Lipinski definition) is 3. The van der Waals surface area contributed by atoms with E-state index in [1.165, 1.54) is 6.07 Å². The molecule has 0 radical (unpaired) electrons. The maximum Gasteiger partial charge on any atom is 0.293 e. The molecule has 0 saturated carbocycles. The summed E-state index contributed by atoms with van der Waals surface area (Å²) in [4.78, 5) is 37.7. The van der Waals surface area contributed by atoms with Gasteiger partial charge < -0.3 is 15.5 Å². The number of nitro groups is 1. The van der Waals surface area contributed by atoms with Crippen LogP contribution in [0.2, 0.25) is 5.02 Å². The van der Waals surface area contributed by atoms with Gasteiger partial charge in [0.2, 0.25) is 5.91 Å². The fourth-order valence-electron chi connectivity index (χ4n) is 3.69. The van der Waals surface area contributed by atoms with Crippen molar-refractivity contribution in [2.24, 2.45) is 0 Å². The maximum absolute atomic E-state index is 12.7. The number of nitrogens with zero attached hydrogens (tertiary/aromatic N) is 2. The molecule has 11 heteroatoms. The zero-order chi connectivity index (χ0) is 24.7. The van der Waals surface area contributed by atoms with Crippen molar-refractivity contribution in [1.29, 1.82) is 0 Å². The fraction of sp³-hybridized carbons (Fsp3) is 0.348. The lowest BCUT2D eigenvalue weighted by atomic mass is 10.1. The van der Waals surface area contributed by atoms with E-state index in [4.69, 9.17) is 23.8 Å². The highest BCUT2D eigenvalue weighted by Gasteiger charge is 2.23. The van der Waals surface area contributed by atoms with Gasteiger partial charge in [-0.1, -0.05) is 18.5 Å². The molecular weight excluding hydrogens is 478 g/mol. The third kappa shape index (κ3) is 6.64. The smallest absolute Gasteiger partial charge is 0.293 e. The third-order valence-corrected chi connectivity index (χ3v) is 5.87. The van der Waals surface area contributed by atoms with Gasteiger partial charge in [-0.15, -0.1) is 0 Å². The Morgan fingerprint density at radius 2 is 1.85 bits per heavy atom. The number of nitrogens with one attached hydrogen (secondary N) is 3. The van der Waals surface area contributed by atoms with Gasteiger partial charge in [-0.2, -0.15) is 0 Å². The molecule has 0 aliphatic carbocycles. The Labute approximate surface area is 208 Å². The predicted molar refractivity (Wildman–Crippen MR) is 138 cm³/mol. The zero-order valence-corrected chi connectivity index (χ0v) is 20.3. The van der Waals surface area contributed by atoms with Crippen LogP contribution in [0.1, 0.15) is 49.4 Å². The van der Waals surface area contributed by atoms with Gasteiger partial charge in [-0.05, 0) is 68.2 Å². The van der Waals surface area contributed by atoms with Gasteiger partial charge in [0.1, 0.15) is 5.69 Å². The van der Waals surface area contributed by atoms with Crippen molar-refractivity contribution in [3.05, 3.63) is 57.1 Å². The molecule has 0 bridgehead atoms. The molecule has 2 amide bonds. The van der Waals surface area contributed by atoms with E-state index >= 15 is 0 Å². The summed E-state index contributed by atoms with van der Waals surface area (Å²) in [6.45, 7) is 3.41. The van der Waals surface area contributed by atoms with Crippen LogP contribution in [0.25, 0.3) is 0 Å². The van der Waals surface area contributed by atoms with Gasteiger partial charge in [-0.3, -0.25) is 25.0 Å². The summed E-state index contributed by atoms with van der Waals surface area (Å²) in [5, 5.41) is 20.1. The second-order valence-electron chi connectivity index (χ2n) is 7.91. The molecule has 0 spiro atoms. The summed E-state index contributed by atoms with van der Waals surface area (Å²) >= 11 is 11.4. The maximum atomic E-state index is 12.7. The molecule has 1 heterocycles. The first-order chi connectivity index (χ1) is 16.3. The van der Waals surface area contributed by atoms with Crippen LogP contribution in [0.5, 0.6) is 0 Å². The van der Waals surface area contributed by atoms with Crippen molar-refractivity contribution in [1.82, 2.24) is 5.32 Å². The van der Waals surface area contributed by atoms with E-state index in [0.29, 0.717) is 28.5 Å². The summed E-state index contributed by atoms with van der Waals surface area (Å²) in [6, 6.07) is 9.27. The highest BCUT2D eigenvalue weighted by molar-refractivity contribution is 7.80. The SMILES string of the molecule is CCCC(=O)Nc1ccc(Cl)c(NC(=S)NC(=O)c2ccc(N3CCCCC3)c([N+](=O)[O-])c2)c1. The van der Waals surface area contributed by atoms with Crippen LogP contribution in [0.15, 0.2) is 36.4 Å². The van der Waals surface area contributed by atoms with Crippen LogP contribution in [0.3, 0.4) is 0 Å². The number of carbonyl (C=O) groups excluding carboxylic acids is 2. The number of piperidine rings is 1. The van der Waals surface area contributed by atoms with E-state index in [2.05, 4.69) is 16.0 Å². The van der Waals surface area contributed by atoms with Crippen molar-refractivity contribution < 1.29 is 14.5 Å². The number of thiocarbonyl (C=S) groups is 1. The fourth-order valence-corrected chi connectivity index (χ4v) is 4.06. The normalized spacial score (nSPS) is 13.2. The van der Waals surface area contributed by atoms with Gasteiger partial charge in [0.25, 0.3) is 11.6 Å². The van der Waals surface area contributed by atoms with E-state index in [9.17, 15) is 19.7 Å². The Morgan fingerprint density at radius 1 is 1.12 bits per heavy atom. The molecule has 0 unspecified atom stereocenters. The molecule has 1 saturated heterocycles. The van der Waals surface area contributed by atoms with Crippen molar-refractivity contribution >= 4 is 63.5 Å². The lowest BCUT2D eigenvalue weighted by Crippen LogP contribution is -2.34. The summed E-state index contributed by atoms with van der Waals surface area (Å²) in [5.41, 5.74) is 1.43. The van der Waals surface area contributed by atoms with Crippen LogP contribution >= 0.6 is 23.8 Å². The average molecular weight is 504 g/mol. The Balaban J connectivity index is 1.70. The summed E-state index contributed by atoms with van der Waals surface area (Å²) in [5.74, 6) is -0.712. The Hall–Kier alpha value is -3.24. The van der Waals surface area contributed by atoms with Crippen LogP contribution in [-0.2, 0) is 4.79 Å². The molecule has 3 N–H and O–H groups in total. The minimum absolute atomic E-state index is 0.0355. The topological polar surface area (TPSA) is 117 Å². The summed E-state index contributed by atoms with van der Waals surface area (Å²) in [7, 11) is 0. The molecule has 1 aliphatic heterocycles. The lowest BCUT2D eigenvalue weighted by Gasteiger charge is -2.28. The first-order valence-electron chi connectivity index (χ1n) is 11.0. The summed E-state index contributed by atoms with van der Waals surface area (Å²) in [6.07, 6.45) is 4.17. The standard InChI is InChI=1S/C23H26ClN5O4S/c1-2-6-21(30)25-16-8-9-17(24)18(14-16)26-23(34)27-22(31)15-7-10-19(20(13-15)29(32)33)28-11-4-3-5-12-28/h7-10,13-14H,2-6,11-12H2,1H3,(H,25,30)(H2,26,27,31,34). The Morgan fingerprint density at radius 3 is 2.53 bits per heavy atom. The number of benzene rings is 2. The number of rotatable bonds is 7. The highest BCUT2D eigenvalue weighted by atomic mass is 35.5. The molecule has 3 rings (SSSR count). The number of carbonyl (C=O) groups is 2. The highest BCUT2D eigenvalue weighted by Crippen LogP contribution is 2.31. The van der Waals surface area contributed by atoms with Crippen molar-refractivity contribution in [2.75, 3.05) is 28.6 Å². The minimum atomic E-state index is -0.589. The molecule has 34 heavy (non-hydrogen) atoms. The molecule has 1 fully saturated rings. The zero-order valence-electron chi connectivity index (χ0n) is 18.7. The minimum Gasteiger partial charge on any atom is -0.366 e. The number of anilines is 3. The third-order valence-electron chi connectivity index (χ3n) is 5.33. The molecule has 0 aromatic heterocycles. The molecule has 0 atom stereocenters. The lowest BCUT2D eigenvalue weighted by molar-refractivity contribution is -0.384. The van der Waals surface area contributed by atoms with Gasteiger partial charge in [0.15, 0.2) is 5.11 Å². The first-order valence-corrected chi connectivity index (χ1v) is 11.8. The van der Waals surface area contributed by atoms with Crippen LogP contribution in [0.4, 0.5) is 22.7 Å². The van der Waals surface area contributed by atoms with E-state index < -0.39 is 10.8 Å². The number of amides is 2. The van der Waals surface area contributed by atoms with Crippen molar-refractivity contribution in [2.45, 2.75) is 39.0 Å². The Bertz CT molecular complexity index is 1100. The van der Waals surface area contributed by atoms with Gasteiger partial charge >= 0.3 is 0 Å². The first kappa shape index (κ1) is 25.4. The average Bonchev–Trinajstić information content (AvgIpc) is 2.81. The molecule has 1 aliphatic rings. The molecule has 2 aromatic carbocycles. The van der Waals surface area contributed by atoms with E-state index in [0.717, 1.165) is 38.8 Å². The number of halogens is 1. The second kappa shape index (κ2) is 11.8.